The van der Waals surface area contributed by atoms with Gasteiger partial charge in [0.15, 0.2) is 18.1 Å². The van der Waals surface area contributed by atoms with Crippen molar-refractivity contribution in [2.75, 3.05) is 11.9 Å². The molecule has 0 atom stereocenters. The molecule has 1 N–H and O–H groups in total. The lowest BCUT2D eigenvalue weighted by atomic mass is 9.90. The number of hydrogen-bond acceptors (Lipinski definition) is 5. The third-order valence-electron chi connectivity index (χ3n) is 6.36. The number of allylic oxidation sites excluding steroid dienone is 2. The fraction of sp³-hybridized carbons (Fsp3) is 0.357. The standard InChI is InChI=1S/C28H33N5O3Si/c1-37(2,3)16-15-36-20-32-19-24(18-29)30-27(32)28(34)31-26-10-9-23(21-11-13-33(35)14-12-21)17-25(26)22-7-5-4-6-8-22/h7,9-14,17,19H,4-6,8,15-16,20H2,1-3H3,(H,31,34). The van der Waals surface area contributed by atoms with Crippen molar-refractivity contribution in [2.24, 2.45) is 0 Å². The van der Waals surface area contributed by atoms with Crippen LogP contribution in [-0.4, -0.2) is 30.1 Å². The van der Waals surface area contributed by atoms with Gasteiger partial charge in [0, 0.05) is 44.3 Å². The number of rotatable bonds is 9. The van der Waals surface area contributed by atoms with E-state index >= 15 is 0 Å². The normalized spacial score (nSPS) is 13.6. The molecule has 1 amide bonds. The summed E-state index contributed by atoms with van der Waals surface area (Å²) in [6.07, 6.45) is 10.9. The molecular formula is C28H33N5O3Si. The van der Waals surface area contributed by atoms with Gasteiger partial charge in [-0.2, -0.15) is 9.99 Å². The van der Waals surface area contributed by atoms with Crippen LogP contribution >= 0.6 is 0 Å². The number of benzene rings is 1. The molecule has 3 aromatic rings. The van der Waals surface area contributed by atoms with Gasteiger partial charge < -0.3 is 19.8 Å². The first kappa shape index (κ1) is 26.3. The summed E-state index contributed by atoms with van der Waals surface area (Å²) in [6.45, 7) is 7.60. The number of carbonyl (C=O) groups is 1. The second-order valence-electron chi connectivity index (χ2n) is 10.5. The van der Waals surface area contributed by atoms with Crippen LogP contribution in [0.15, 0.2) is 55.0 Å². The number of imidazole rings is 1. The van der Waals surface area contributed by atoms with Crippen LogP contribution in [0.25, 0.3) is 16.7 Å². The number of nitrogens with one attached hydrogen (secondary N) is 1. The van der Waals surface area contributed by atoms with Crippen molar-refractivity contribution in [2.45, 2.75) is 58.1 Å². The average Bonchev–Trinajstić information content (AvgIpc) is 3.31. The predicted octanol–water partition coefficient (Wildman–Crippen LogP) is 5.58. The Balaban J connectivity index is 1.60. The quantitative estimate of drug-likeness (QED) is 0.173. The van der Waals surface area contributed by atoms with Gasteiger partial charge in [0.2, 0.25) is 5.82 Å². The Morgan fingerprint density at radius 2 is 2.00 bits per heavy atom. The molecule has 1 aliphatic carbocycles. The van der Waals surface area contributed by atoms with Crippen LogP contribution < -0.4 is 10.0 Å². The summed E-state index contributed by atoms with van der Waals surface area (Å²) in [5.41, 5.74) is 4.88. The van der Waals surface area contributed by atoms with Gasteiger partial charge in [-0.1, -0.05) is 31.8 Å². The summed E-state index contributed by atoms with van der Waals surface area (Å²) in [6, 6.07) is 12.5. The van der Waals surface area contributed by atoms with E-state index in [2.05, 4.69) is 42.1 Å². The summed E-state index contributed by atoms with van der Waals surface area (Å²) in [5, 5.41) is 23.9. The van der Waals surface area contributed by atoms with Crippen LogP contribution in [0.1, 0.15) is 47.6 Å². The molecule has 2 aromatic heterocycles. The Bertz CT molecular complexity index is 1330. The van der Waals surface area contributed by atoms with Gasteiger partial charge >= 0.3 is 0 Å². The molecule has 0 unspecified atom stereocenters. The molecule has 2 heterocycles. The number of anilines is 1. The molecular weight excluding hydrogens is 482 g/mol. The van der Waals surface area contributed by atoms with E-state index in [-0.39, 0.29) is 18.2 Å². The SMILES string of the molecule is C[Si](C)(C)CCOCn1cc(C#N)nc1C(=O)Nc1ccc(-c2cc[n+]([O-])cc2)cc1C1=CCCCC1. The second-order valence-corrected chi connectivity index (χ2v) is 16.1. The Hall–Kier alpha value is -3.74. The smallest absolute Gasteiger partial charge is 0.291 e. The minimum atomic E-state index is -1.24. The molecule has 0 fully saturated rings. The van der Waals surface area contributed by atoms with Crippen molar-refractivity contribution >= 4 is 25.2 Å². The zero-order chi connectivity index (χ0) is 26.4. The largest absolute Gasteiger partial charge is 0.619 e. The van der Waals surface area contributed by atoms with Crippen LogP contribution in [0.5, 0.6) is 0 Å². The minimum absolute atomic E-state index is 0.139. The van der Waals surface area contributed by atoms with Crippen LogP contribution in [0.4, 0.5) is 5.69 Å². The first-order valence-corrected chi connectivity index (χ1v) is 16.3. The Kier molecular flexibility index (Phi) is 8.21. The monoisotopic (exact) mass is 515 g/mol. The van der Waals surface area contributed by atoms with Crippen molar-refractivity contribution in [3.05, 3.63) is 77.3 Å². The fourth-order valence-electron chi connectivity index (χ4n) is 4.26. The molecule has 192 valence electrons. The molecule has 8 nitrogen and oxygen atoms in total. The van der Waals surface area contributed by atoms with Crippen LogP contribution in [0, 0.1) is 16.5 Å². The highest BCUT2D eigenvalue weighted by atomic mass is 28.3. The predicted molar refractivity (Wildman–Crippen MR) is 146 cm³/mol. The third kappa shape index (κ3) is 6.93. The number of pyridine rings is 1. The summed E-state index contributed by atoms with van der Waals surface area (Å²) >= 11 is 0. The minimum Gasteiger partial charge on any atom is -0.619 e. The summed E-state index contributed by atoms with van der Waals surface area (Å²) in [5.74, 6) is -0.256. The van der Waals surface area contributed by atoms with Crippen LogP contribution in [0.2, 0.25) is 25.7 Å². The van der Waals surface area contributed by atoms with E-state index < -0.39 is 14.0 Å². The second kappa shape index (κ2) is 11.5. The maximum Gasteiger partial charge on any atom is 0.291 e. The first-order valence-electron chi connectivity index (χ1n) is 12.6. The van der Waals surface area contributed by atoms with E-state index in [4.69, 9.17) is 4.74 Å². The van der Waals surface area contributed by atoms with Gasteiger partial charge in [-0.25, -0.2) is 4.98 Å². The molecule has 0 spiro atoms. The van der Waals surface area contributed by atoms with E-state index in [0.717, 1.165) is 53.1 Å². The van der Waals surface area contributed by atoms with Crippen molar-refractivity contribution in [1.82, 2.24) is 9.55 Å². The lowest BCUT2D eigenvalue weighted by Gasteiger charge is -2.19. The molecule has 0 saturated heterocycles. The number of amides is 1. The highest BCUT2D eigenvalue weighted by molar-refractivity contribution is 6.76. The fourth-order valence-corrected chi connectivity index (χ4v) is 5.01. The molecule has 1 aliphatic rings. The lowest BCUT2D eigenvalue weighted by Crippen LogP contribution is -2.23. The molecule has 0 bridgehead atoms. The summed E-state index contributed by atoms with van der Waals surface area (Å²) < 4.78 is 8.17. The Morgan fingerprint density at radius 3 is 2.68 bits per heavy atom. The van der Waals surface area contributed by atoms with E-state index in [1.54, 1.807) is 22.9 Å². The highest BCUT2D eigenvalue weighted by Crippen LogP contribution is 2.35. The van der Waals surface area contributed by atoms with Gasteiger partial charge in [-0.15, -0.1) is 0 Å². The summed E-state index contributed by atoms with van der Waals surface area (Å²) in [4.78, 5) is 17.6. The van der Waals surface area contributed by atoms with Crippen LogP contribution in [-0.2, 0) is 11.5 Å². The molecule has 0 saturated carbocycles. The lowest BCUT2D eigenvalue weighted by molar-refractivity contribution is -0.605. The number of ether oxygens (including phenoxy) is 1. The van der Waals surface area contributed by atoms with Crippen molar-refractivity contribution in [3.8, 4) is 17.2 Å². The Labute approximate surface area is 218 Å². The van der Waals surface area contributed by atoms with Gasteiger partial charge in [0.05, 0.1) is 0 Å². The van der Waals surface area contributed by atoms with Crippen molar-refractivity contribution in [3.63, 3.8) is 0 Å². The van der Waals surface area contributed by atoms with Crippen LogP contribution in [0.3, 0.4) is 0 Å². The first-order chi connectivity index (χ1) is 17.7. The highest BCUT2D eigenvalue weighted by Gasteiger charge is 2.20. The number of nitrogens with zero attached hydrogens (tertiary/aromatic N) is 4. The number of nitriles is 1. The molecule has 9 heteroatoms. The average molecular weight is 516 g/mol. The molecule has 37 heavy (non-hydrogen) atoms. The summed E-state index contributed by atoms with van der Waals surface area (Å²) in [7, 11) is -1.24. The number of hydrogen-bond donors (Lipinski definition) is 1. The van der Waals surface area contributed by atoms with E-state index in [9.17, 15) is 15.3 Å². The molecule has 1 aromatic carbocycles. The molecule has 0 radical (unpaired) electrons. The zero-order valence-corrected chi connectivity index (χ0v) is 22.7. The Morgan fingerprint density at radius 1 is 1.22 bits per heavy atom. The maximum atomic E-state index is 13.4. The topological polar surface area (TPSA) is 107 Å². The molecule has 4 rings (SSSR count). The van der Waals surface area contributed by atoms with E-state index in [1.165, 1.54) is 18.0 Å². The maximum absolute atomic E-state index is 13.4. The van der Waals surface area contributed by atoms with Gasteiger partial charge in [0.1, 0.15) is 12.8 Å². The van der Waals surface area contributed by atoms with Gasteiger partial charge in [-0.3, -0.25) is 4.79 Å². The third-order valence-corrected chi connectivity index (χ3v) is 8.07. The van der Waals surface area contributed by atoms with Gasteiger partial charge in [0.25, 0.3) is 5.91 Å². The van der Waals surface area contributed by atoms with Gasteiger partial charge in [-0.05, 0) is 60.6 Å². The zero-order valence-electron chi connectivity index (χ0n) is 21.7. The van der Waals surface area contributed by atoms with Crippen molar-refractivity contribution < 1.29 is 14.3 Å². The number of aromatic nitrogens is 3. The molecule has 0 aliphatic heterocycles. The van der Waals surface area contributed by atoms with E-state index in [1.807, 2.05) is 18.2 Å². The van der Waals surface area contributed by atoms with Crippen molar-refractivity contribution in [1.29, 1.82) is 5.26 Å². The van der Waals surface area contributed by atoms with E-state index in [0.29, 0.717) is 12.3 Å². The number of carbonyl (C=O) groups excluding carboxylic acids is 1.